The average molecular weight is 581 g/mol. The van der Waals surface area contributed by atoms with Gasteiger partial charge in [0.25, 0.3) is 8.32 Å². The standard InChI is InChI=1S/C35H68O4Si/c1-6-10-14-15-16-17-18-19-20-21-22-23-24-25-26-27-28-33(34(36)37)32(5)35(38)39-40(29-11-7-2,30-12-8-3)31-13-9-4/h33H,5-31H2,1-4H3,(H,36,37). The van der Waals surface area contributed by atoms with Crippen LogP contribution in [0.3, 0.4) is 0 Å². The first kappa shape index (κ1) is 38.9. The van der Waals surface area contributed by atoms with E-state index in [0.29, 0.717) is 6.42 Å². The zero-order chi connectivity index (χ0) is 29.9. The molecule has 0 aromatic heterocycles. The predicted octanol–water partition coefficient (Wildman–Crippen LogP) is 11.8. The van der Waals surface area contributed by atoms with Crippen LogP contribution in [0, 0.1) is 5.92 Å². The van der Waals surface area contributed by atoms with E-state index in [1.807, 2.05) is 0 Å². The zero-order valence-corrected chi connectivity index (χ0v) is 28.3. The summed E-state index contributed by atoms with van der Waals surface area (Å²) in [5, 5.41) is 9.88. The second kappa shape index (κ2) is 26.8. The highest BCUT2D eigenvalue weighted by molar-refractivity contribution is 6.75. The van der Waals surface area contributed by atoms with Crippen LogP contribution < -0.4 is 0 Å². The van der Waals surface area contributed by atoms with Crippen LogP contribution in [0.25, 0.3) is 0 Å². The maximum atomic E-state index is 13.2. The molecule has 5 heteroatoms. The molecule has 0 aromatic rings. The molecule has 0 saturated carbocycles. The van der Waals surface area contributed by atoms with Crippen LogP contribution in [0.15, 0.2) is 12.2 Å². The lowest BCUT2D eigenvalue weighted by Gasteiger charge is -2.32. The molecule has 0 rings (SSSR count). The van der Waals surface area contributed by atoms with Crippen molar-refractivity contribution in [1.29, 1.82) is 0 Å². The van der Waals surface area contributed by atoms with Gasteiger partial charge in [0.15, 0.2) is 0 Å². The van der Waals surface area contributed by atoms with E-state index in [4.69, 9.17) is 4.43 Å². The Labute approximate surface area is 250 Å². The Hall–Kier alpha value is -1.10. The van der Waals surface area contributed by atoms with Gasteiger partial charge in [0, 0.05) is 5.57 Å². The van der Waals surface area contributed by atoms with Crippen molar-refractivity contribution in [3.63, 3.8) is 0 Å². The van der Waals surface area contributed by atoms with Crippen molar-refractivity contribution in [2.75, 3.05) is 0 Å². The molecule has 40 heavy (non-hydrogen) atoms. The van der Waals surface area contributed by atoms with E-state index in [9.17, 15) is 14.7 Å². The van der Waals surface area contributed by atoms with Gasteiger partial charge in [0.2, 0.25) is 0 Å². The molecule has 1 unspecified atom stereocenters. The fraction of sp³-hybridized carbons (Fsp3) is 0.886. The van der Waals surface area contributed by atoms with Gasteiger partial charge in [-0.1, -0.05) is 176 Å². The summed E-state index contributed by atoms with van der Waals surface area (Å²) in [6.45, 7) is 12.8. The number of carbonyl (C=O) groups is 2. The molecule has 0 aliphatic carbocycles. The smallest absolute Gasteiger partial charge is 0.320 e. The largest absolute Gasteiger partial charge is 0.516 e. The van der Waals surface area contributed by atoms with Crippen LogP contribution in [0.1, 0.15) is 175 Å². The molecule has 4 nitrogen and oxygen atoms in total. The van der Waals surface area contributed by atoms with Gasteiger partial charge >= 0.3 is 11.9 Å². The topological polar surface area (TPSA) is 63.6 Å². The molecule has 0 aromatic carbocycles. The van der Waals surface area contributed by atoms with Crippen LogP contribution in [-0.2, 0) is 14.0 Å². The Morgan fingerprint density at radius 2 is 0.900 bits per heavy atom. The number of aliphatic carboxylic acids is 1. The lowest BCUT2D eigenvalue weighted by atomic mass is 9.93. The van der Waals surface area contributed by atoms with Gasteiger partial charge in [-0.3, -0.25) is 4.79 Å². The van der Waals surface area contributed by atoms with Crippen molar-refractivity contribution in [3.8, 4) is 0 Å². The Kier molecular flexibility index (Phi) is 26.0. The summed E-state index contributed by atoms with van der Waals surface area (Å²) >= 11 is 0. The summed E-state index contributed by atoms with van der Waals surface area (Å²) in [5.74, 6) is -2.20. The van der Waals surface area contributed by atoms with Gasteiger partial charge in [-0.15, -0.1) is 0 Å². The molecule has 0 spiro atoms. The third kappa shape index (κ3) is 19.9. The van der Waals surface area contributed by atoms with Gasteiger partial charge < -0.3 is 9.53 Å². The monoisotopic (exact) mass is 580 g/mol. The normalized spacial score (nSPS) is 12.4. The van der Waals surface area contributed by atoms with Crippen molar-refractivity contribution in [1.82, 2.24) is 0 Å². The molecule has 0 radical (unpaired) electrons. The van der Waals surface area contributed by atoms with Crippen LogP contribution in [0.4, 0.5) is 0 Å². The highest BCUT2D eigenvalue weighted by Gasteiger charge is 2.39. The lowest BCUT2D eigenvalue weighted by molar-refractivity contribution is -0.143. The third-order valence-electron chi connectivity index (χ3n) is 8.59. The number of carbonyl (C=O) groups excluding carboxylic acids is 1. The first-order chi connectivity index (χ1) is 19.4. The van der Waals surface area contributed by atoms with E-state index in [-0.39, 0.29) is 5.57 Å². The Bertz CT molecular complexity index is 611. The van der Waals surface area contributed by atoms with Crippen LogP contribution in [0.5, 0.6) is 0 Å². The lowest BCUT2D eigenvalue weighted by Crippen LogP contribution is -2.41. The van der Waals surface area contributed by atoms with Crippen LogP contribution >= 0.6 is 0 Å². The number of rotatable bonds is 30. The quantitative estimate of drug-likeness (QED) is 0.0521. The number of carboxylic acid groups (broad SMARTS) is 1. The van der Waals surface area contributed by atoms with Crippen LogP contribution in [-0.4, -0.2) is 25.4 Å². The van der Waals surface area contributed by atoms with E-state index in [1.165, 1.54) is 83.5 Å². The van der Waals surface area contributed by atoms with Gasteiger partial charge in [-0.05, 0) is 24.6 Å². The van der Waals surface area contributed by atoms with Crippen LogP contribution in [0.2, 0.25) is 18.1 Å². The molecule has 0 aliphatic rings. The third-order valence-corrected chi connectivity index (χ3v) is 13.0. The number of carboxylic acids is 1. The van der Waals surface area contributed by atoms with Crippen molar-refractivity contribution in [3.05, 3.63) is 12.2 Å². The molecular formula is C35H68O4Si. The molecule has 0 bridgehead atoms. The zero-order valence-electron chi connectivity index (χ0n) is 27.3. The van der Waals surface area contributed by atoms with Crippen molar-refractivity contribution in [2.24, 2.45) is 5.92 Å². The van der Waals surface area contributed by atoms with Gasteiger partial charge in [-0.2, -0.15) is 0 Å². The average Bonchev–Trinajstić information content (AvgIpc) is 2.94. The maximum absolute atomic E-state index is 13.2. The fourth-order valence-corrected chi connectivity index (χ4v) is 10.3. The van der Waals surface area contributed by atoms with E-state index < -0.39 is 26.2 Å². The first-order valence-electron chi connectivity index (χ1n) is 17.5. The fourth-order valence-electron chi connectivity index (χ4n) is 5.77. The Balaban J connectivity index is 4.36. The summed E-state index contributed by atoms with van der Waals surface area (Å²) in [4.78, 5) is 25.3. The van der Waals surface area contributed by atoms with E-state index in [0.717, 1.165) is 75.9 Å². The second-order valence-corrected chi connectivity index (χ2v) is 16.5. The molecule has 1 atom stereocenters. The predicted molar refractivity (Wildman–Crippen MR) is 175 cm³/mol. The number of hydrogen-bond acceptors (Lipinski definition) is 3. The minimum atomic E-state index is -2.24. The van der Waals surface area contributed by atoms with E-state index >= 15 is 0 Å². The van der Waals surface area contributed by atoms with E-state index in [2.05, 4.69) is 34.3 Å². The molecular weight excluding hydrogens is 512 g/mol. The molecule has 1 N–H and O–H groups in total. The molecule has 0 amide bonds. The SMILES string of the molecule is C=C(C(=O)O[Si](CCCC)(CCCC)CCCC)C(CCCCCCCCCCCCCCCCCC)C(=O)O. The minimum Gasteiger partial charge on any atom is -0.516 e. The number of unbranched alkanes of at least 4 members (excludes halogenated alkanes) is 18. The summed E-state index contributed by atoms with van der Waals surface area (Å²) < 4.78 is 6.31. The maximum Gasteiger partial charge on any atom is 0.320 e. The number of hydrogen-bond donors (Lipinski definition) is 1. The Morgan fingerprint density at radius 3 is 1.23 bits per heavy atom. The minimum absolute atomic E-state index is 0.162. The Morgan fingerprint density at radius 1 is 0.575 bits per heavy atom. The molecule has 0 fully saturated rings. The molecule has 0 saturated heterocycles. The molecule has 0 heterocycles. The summed E-state index contributed by atoms with van der Waals surface area (Å²) in [6.07, 6.45) is 27.6. The van der Waals surface area contributed by atoms with Crippen molar-refractivity contribution < 1.29 is 19.1 Å². The van der Waals surface area contributed by atoms with Crippen molar-refractivity contribution >= 4 is 20.3 Å². The summed E-state index contributed by atoms with van der Waals surface area (Å²) in [7, 11) is -2.24. The first-order valence-corrected chi connectivity index (χ1v) is 20.0. The van der Waals surface area contributed by atoms with Gasteiger partial charge in [-0.25, -0.2) is 4.79 Å². The van der Waals surface area contributed by atoms with Gasteiger partial charge in [0.05, 0.1) is 5.92 Å². The van der Waals surface area contributed by atoms with Crippen molar-refractivity contribution in [2.45, 2.75) is 194 Å². The van der Waals surface area contributed by atoms with Gasteiger partial charge in [0.1, 0.15) is 0 Å². The molecule has 0 aliphatic heterocycles. The summed E-state index contributed by atoms with van der Waals surface area (Å²) in [5.41, 5.74) is 0.162. The molecule has 236 valence electrons. The summed E-state index contributed by atoms with van der Waals surface area (Å²) in [6, 6.07) is 2.96. The highest BCUT2D eigenvalue weighted by atomic mass is 28.4. The highest BCUT2D eigenvalue weighted by Crippen LogP contribution is 2.32. The van der Waals surface area contributed by atoms with E-state index in [1.54, 1.807) is 0 Å². The second-order valence-electron chi connectivity index (χ2n) is 12.4.